The fourth-order valence-corrected chi connectivity index (χ4v) is 1.66. The highest BCUT2D eigenvalue weighted by Crippen LogP contribution is 2.29. The van der Waals surface area contributed by atoms with E-state index in [0.29, 0.717) is 24.0 Å². The molecule has 0 fully saturated rings. The summed E-state index contributed by atoms with van der Waals surface area (Å²) in [5.41, 5.74) is 0.851. The molecule has 126 valence electrons. The average molecular weight is 423 g/mol. The fourth-order valence-electron chi connectivity index (χ4n) is 1.66. The summed E-state index contributed by atoms with van der Waals surface area (Å²) in [5, 5.41) is 15.4. The van der Waals surface area contributed by atoms with E-state index in [2.05, 4.69) is 15.6 Å². The highest BCUT2D eigenvalue weighted by molar-refractivity contribution is 14.0. The van der Waals surface area contributed by atoms with E-state index >= 15 is 0 Å². The smallest absolute Gasteiger partial charge is 0.195 e. The second-order valence-corrected chi connectivity index (χ2v) is 4.70. The minimum atomic E-state index is 0. The van der Waals surface area contributed by atoms with Crippen molar-refractivity contribution in [3.63, 3.8) is 0 Å². The lowest BCUT2D eigenvalue weighted by atomic mass is 10.2. The number of aliphatic hydroxyl groups is 1. The van der Waals surface area contributed by atoms with Crippen LogP contribution in [0.3, 0.4) is 0 Å². The van der Waals surface area contributed by atoms with Gasteiger partial charge in [0.2, 0.25) is 0 Å². The zero-order valence-electron chi connectivity index (χ0n) is 13.5. The number of hydrogen-bond donors (Lipinski definition) is 3. The standard InChI is InChI=1S/C15H25N3O3.HI/c1-5-16-15(17-9-11(2)10-19)18-12-6-7-13(20-3)14(8-12)21-4;/h6-8,11,19H,5,9-10H2,1-4H3,(H2,16,17,18);1H. The Balaban J connectivity index is 0.00000441. The van der Waals surface area contributed by atoms with Crippen molar-refractivity contribution in [2.75, 3.05) is 39.2 Å². The molecule has 7 heteroatoms. The first-order valence-corrected chi connectivity index (χ1v) is 7.02. The second kappa shape index (κ2) is 11.4. The van der Waals surface area contributed by atoms with Crippen LogP contribution in [0.1, 0.15) is 13.8 Å². The van der Waals surface area contributed by atoms with E-state index in [9.17, 15) is 0 Å². The van der Waals surface area contributed by atoms with E-state index in [1.807, 2.05) is 32.0 Å². The average Bonchev–Trinajstić information content (AvgIpc) is 2.52. The summed E-state index contributed by atoms with van der Waals surface area (Å²) in [4.78, 5) is 4.44. The Labute approximate surface area is 149 Å². The molecule has 0 amide bonds. The van der Waals surface area contributed by atoms with E-state index in [4.69, 9.17) is 14.6 Å². The zero-order valence-corrected chi connectivity index (χ0v) is 15.9. The third kappa shape index (κ3) is 6.69. The summed E-state index contributed by atoms with van der Waals surface area (Å²) in [6.07, 6.45) is 0. The third-order valence-corrected chi connectivity index (χ3v) is 2.86. The Morgan fingerprint density at radius 3 is 2.50 bits per heavy atom. The number of rotatable bonds is 7. The molecule has 0 spiro atoms. The van der Waals surface area contributed by atoms with Crippen molar-refractivity contribution < 1.29 is 14.6 Å². The molecule has 0 saturated heterocycles. The molecule has 1 atom stereocenters. The summed E-state index contributed by atoms with van der Waals surface area (Å²) in [6, 6.07) is 5.58. The molecule has 0 aliphatic carbocycles. The first-order valence-electron chi connectivity index (χ1n) is 7.02. The van der Waals surface area contributed by atoms with Crippen LogP contribution in [0, 0.1) is 5.92 Å². The second-order valence-electron chi connectivity index (χ2n) is 4.70. The molecular weight excluding hydrogens is 397 g/mol. The van der Waals surface area contributed by atoms with Crippen molar-refractivity contribution in [1.82, 2.24) is 5.32 Å². The number of nitrogens with zero attached hydrogens (tertiary/aromatic N) is 1. The fraction of sp³-hybridized carbons (Fsp3) is 0.533. The van der Waals surface area contributed by atoms with Gasteiger partial charge in [0.15, 0.2) is 17.5 Å². The molecule has 22 heavy (non-hydrogen) atoms. The van der Waals surface area contributed by atoms with Gasteiger partial charge >= 0.3 is 0 Å². The minimum Gasteiger partial charge on any atom is -0.493 e. The molecule has 0 heterocycles. The van der Waals surface area contributed by atoms with Crippen LogP contribution in [0.15, 0.2) is 23.2 Å². The van der Waals surface area contributed by atoms with Gasteiger partial charge in [0, 0.05) is 31.5 Å². The Morgan fingerprint density at radius 2 is 1.95 bits per heavy atom. The molecule has 6 nitrogen and oxygen atoms in total. The molecule has 0 saturated carbocycles. The van der Waals surface area contributed by atoms with Gasteiger partial charge in [-0.25, -0.2) is 0 Å². The first-order chi connectivity index (χ1) is 10.1. The van der Waals surface area contributed by atoms with Crippen molar-refractivity contribution >= 4 is 35.6 Å². The van der Waals surface area contributed by atoms with E-state index < -0.39 is 0 Å². The lowest BCUT2D eigenvalue weighted by molar-refractivity contribution is 0.241. The number of methoxy groups -OCH3 is 2. The molecule has 0 radical (unpaired) electrons. The summed E-state index contributed by atoms with van der Waals surface area (Å²) in [7, 11) is 3.20. The van der Waals surface area contributed by atoms with E-state index in [-0.39, 0.29) is 36.5 Å². The lowest BCUT2D eigenvalue weighted by Gasteiger charge is -2.14. The molecule has 1 rings (SSSR count). The van der Waals surface area contributed by atoms with Crippen LogP contribution in [0.25, 0.3) is 0 Å². The largest absolute Gasteiger partial charge is 0.493 e. The van der Waals surface area contributed by atoms with E-state index in [0.717, 1.165) is 12.2 Å². The Hall–Kier alpha value is -1.22. The normalized spacial score (nSPS) is 12.1. The van der Waals surface area contributed by atoms with Gasteiger partial charge in [-0.3, -0.25) is 4.99 Å². The zero-order chi connectivity index (χ0) is 15.7. The highest BCUT2D eigenvalue weighted by Gasteiger charge is 2.06. The summed E-state index contributed by atoms with van der Waals surface area (Å²) >= 11 is 0. The maximum atomic E-state index is 9.05. The number of ether oxygens (including phenoxy) is 2. The van der Waals surface area contributed by atoms with E-state index in [1.165, 1.54) is 0 Å². The Morgan fingerprint density at radius 1 is 1.27 bits per heavy atom. The number of aliphatic imine (C=N–C) groups is 1. The van der Waals surface area contributed by atoms with Crippen LogP contribution in [0.2, 0.25) is 0 Å². The molecule has 0 aliphatic heterocycles. The maximum Gasteiger partial charge on any atom is 0.195 e. The van der Waals surface area contributed by atoms with Crippen LogP contribution in [0.5, 0.6) is 11.5 Å². The van der Waals surface area contributed by atoms with Gasteiger partial charge in [0.1, 0.15) is 0 Å². The van der Waals surface area contributed by atoms with Crippen molar-refractivity contribution in [1.29, 1.82) is 0 Å². The van der Waals surface area contributed by atoms with Crippen molar-refractivity contribution in [3.8, 4) is 11.5 Å². The Bertz CT molecular complexity index is 469. The molecule has 1 aromatic rings. The molecule has 3 N–H and O–H groups in total. The molecule has 1 aromatic carbocycles. The lowest BCUT2D eigenvalue weighted by Crippen LogP contribution is -2.31. The summed E-state index contributed by atoms with van der Waals surface area (Å²) in [5.74, 6) is 2.14. The number of halogens is 1. The number of anilines is 1. The van der Waals surface area contributed by atoms with Gasteiger partial charge in [0.25, 0.3) is 0 Å². The SMILES string of the molecule is CCNC(=NCC(C)CO)Nc1ccc(OC)c(OC)c1.I. The monoisotopic (exact) mass is 423 g/mol. The van der Waals surface area contributed by atoms with E-state index in [1.54, 1.807) is 14.2 Å². The van der Waals surface area contributed by atoms with Crippen LogP contribution < -0.4 is 20.1 Å². The Kier molecular flexibility index (Phi) is 10.7. The molecule has 1 unspecified atom stereocenters. The first kappa shape index (κ1) is 20.8. The number of benzene rings is 1. The molecule has 0 aliphatic rings. The minimum absolute atomic E-state index is 0. The molecular formula is C15H26IN3O3. The van der Waals surface area contributed by atoms with Gasteiger partial charge < -0.3 is 25.2 Å². The van der Waals surface area contributed by atoms with Crippen LogP contribution in [-0.2, 0) is 0 Å². The maximum absolute atomic E-state index is 9.05. The topological polar surface area (TPSA) is 75.1 Å². The number of aliphatic hydroxyl groups excluding tert-OH is 1. The molecule has 0 bridgehead atoms. The van der Waals surface area contributed by atoms with Crippen molar-refractivity contribution in [3.05, 3.63) is 18.2 Å². The van der Waals surface area contributed by atoms with Crippen LogP contribution in [-0.4, -0.2) is 45.0 Å². The third-order valence-electron chi connectivity index (χ3n) is 2.86. The number of guanidine groups is 1. The van der Waals surface area contributed by atoms with Gasteiger partial charge in [0.05, 0.1) is 14.2 Å². The van der Waals surface area contributed by atoms with Gasteiger partial charge in [-0.15, -0.1) is 24.0 Å². The number of hydrogen-bond acceptors (Lipinski definition) is 4. The highest BCUT2D eigenvalue weighted by atomic mass is 127. The van der Waals surface area contributed by atoms with Gasteiger partial charge in [-0.2, -0.15) is 0 Å². The van der Waals surface area contributed by atoms with Crippen LogP contribution >= 0.6 is 24.0 Å². The van der Waals surface area contributed by atoms with Crippen molar-refractivity contribution in [2.24, 2.45) is 10.9 Å². The van der Waals surface area contributed by atoms with Crippen LogP contribution in [0.4, 0.5) is 5.69 Å². The van der Waals surface area contributed by atoms with Gasteiger partial charge in [-0.05, 0) is 25.0 Å². The number of nitrogens with one attached hydrogen (secondary N) is 2. The molecule has 0 aromatic heterocycles. The predicted molar refractivity (Wildman–Crippen MR) is 101 cm³/mol. The summed E-state index contributed by atoms with van der Waals surface area (Å²) in [6.45, 7) is 5.38. The quantitative estimate of drug-likeness (QED) is 0.357. The summed E-state index contributed by atoms with van der Waals surface area (Å²) < 4.78 is 10.5. The van der Waals surface area contributed by atoms with Gasteiger partial charge in [-0.1, -0.05) is 6.92 Å². The van der Waals surface area contributed by atoms with Crippen molar-refractivity contribution in [2.45, 2.75) is 13.8 Å². The predicted octanol–water partition coefficient (Wildman–Crippen LogP) is 2.33.